The molecular weight excluding hydrogens is 450 g/mol. The van der Waals surface area contributed by atoms with Gasteiger partial charge in [0.2, 0.25) is 0 Å². The van der Waals surface area contributed by atoms with Gasteiger partial charge in [-0.15, -0.1) is 0 Å². The molecule has 144 valence electrons. The Morgan fingerprint density at radius 3 is 2.66 bits per heavy atom. The lowest BCUT2D eigenvalue weighted by Gasteiger charge is -2.23. The van der Waals surface area contributed by atoms with Crippen LogP contribution in [0.15, 0.2) is 77.4 Å². The van der Waals surface area contributed by atoms with Crippen molar-refractivity contribution >= 4 is 61.2 Å². The van der Waals surface area contributed by atoms with Gasteiger partial charge in [0, 0.05) is 21.6 Å². The van der Waals surface area contributed by atoms with Crippen LogP contribution in [0.4, 0.5) is 22.7 Å². The minimum atomic E-state index is 0.625. The van der Waals surface area contributed by atoms with Gasteiger partial charge in [-0.05, 0) is 42.5 Å². The van der Waals surface area contributed by atoms with E-state index in [1.54, 1.807) is 7.11 Å². The first-order chi connectivity index (χ1) is 14.2. The number of nitrogens with zero attached hydrogens (tertiary/aromatic N) is 3. The molecule has 0 spiro atoms. The number of aromatic nitrogens is 1. The van der Waals surface area contributed by atoms with Crippen LogP contribution >= 0.6 is 27.5 Å². The molecule has 4 aromatic rings. The summed E-state index contributed by atoms with van der Waals surface area (Å²) >= 11 is 10.2. The van der Waals surface area contributed by atoms with Crippen LogP contribution in [0.1, 0.15) is 0 Å². The van der Waals surface area contributed by atoms with Crippen LogP contribution in [0.25, 0.3) is 10.9 Å². The Balaban J connectivity index is 1.76. The smallest absolute Gasteiger partial charge is 0.120 e. The third-order valence-corrected chi connectivity index (χ3v) is 5.95. The maximum atomic E-state index is 6.59. The Morgan fingerprint density at radius 1 is 0.966 bits per heavy atom. The SMILES string of the molecule is COc1cccc(N2CN(c3ccccc3Cl)c3c2cnc2ccc(Br)cc32)c1. The lowest BCUT2D eigenvalue weighted by Crippen LogP contribution is -2.24. The average Bonchev–Trinajstić information content (AvgIpc) is 3.14. The highest BCUT2D eigenvalue weighted by Crippen LogP contribution is 2.49. The molecule has 2 heterocycles. The van der Waals surface area contributed by atoms with Gasteiger partial charge in [-0.25, -0.2) is 0 Å². The van der Waals surface area contributed by atoms with Crippen molar-refractivity contribution in [1.82, 2.24) is 4.98 Å². The first-order valence-electron chi connectivity index (χ1n) is 9.17. The predicted molar refractivity (Wildman–Crippen MR) is 123 cm³/mol. The van der Waals surface area contributed by atoms with Crippen LogP contribution in [-0.2, 0) is 0 Å². The summed E-state index contributed by atoms with van der Waals surface area (Å²) in [5.74, 6) is 0.816. The number of rotatable bonds is 3. The lowest BCUT2D eigenvalue weighted by atomic mass is 10.1. The first kappa shape index (κ1) is 18.3. The second kappa shape index (κ2) is 7.25. The topological polar surface area (TPSA) is 28.6 Å². The zero-order chi connectivity index (χ0) is 20.0. The normalized spacial score (nSPS) is 13.1. The summed E-state index contributed by atoms with van der Waals surface area (Å²) in [5.41, 5.74) is 5.07. The number of fused-ring (bicyclic) bond motifs is 3. The molecule has 6 heteroatoms. The van der Waals surface area contributed by atoms with E-state index >= 15 is 0 Å². The molecule has 0 bridgehead atoms. The molecule has 29 heavy (non-hydrogen) atoms. The van der Waals surface area contributed by atoms with Gasteiger partial charge >= 0.3 is 0 Å². The van der Waals surface area contributed by atoms with Gasteiger partial charge in [-0.1, -0.05) is 45.7 Å². The number of ether oxygens (including phenoxy) is 1. The van der Waals surface area contributed by atoms with Crippen molar-refractivity contribution in [3.63, 3.8) is 0 Å². The quantitative estimate of drug-likeness (QED) is 0.328. The zero-order valence-corrected chi connectivity index (χ0v) is 18.0. The standard InChI is InChI=1S/C23H17BrClN3O/c1-29-17-6-4-5-16(12-17)27-14-28(21-8-3-2-7-19(21)25)23-18-11-15(24)9-10-20(18)26-13-22(23)27/h2-13H,14H2,1H3. The van der Waals surface area contributed by atoms with Crippen molar-refractivity contribution in [2.45, 2.75) is 0 Å². The predicted octanol–water partition coefficient (Wildman–Crippen LogP) is 6.91. The fraction of sp³-hybridized carbons (Fsp3) is 0.0870. The molecule has 0 N–H and O–H groups in total. The summed E-state index contributed by atoms with van der Waals surface area (Å²) in [6.45, 7) is 0.625. The second-order valence-corrected chi connectivity index (χ2v) is 8.13. The van der Waals surface area contributed by atoms with E-state index in [1.807, 2.05) is 60.8 Å². The Morgan fingerprint density at radius 2 is 1.83 bits per heavy atom. The van der Waals surface area contributed by atoms with Crippen LogP contribution in [0.5, 0.6) is 5.75 Å². The molecule has 1 aliphatic heterocycles. The maximum Gasteiger partial charge on any atom is 0.120 e. The van der Waals surface area contributed by atoms with Crippen LogP contribution in [0, 0.1) is 0 Å². The minimum Gasteiger partial charge on any atom is -0.497 e. The first-order valence-corrected chi connectivity index (χ1v) is 10.3. The average molecular weight is 467 g/mol. The van der Waals surface area contributed by atoms with Crippen molar-refractivity contribution in [1.29, 1.82) is 0 Å². The van der Waals surface area contributed by atoms with E-state index in [1.165, 1.54) is 0 Å². The molecule has 0 fully saturated rings. The van der Waals surface area contributed by atoms with Crippen molar-refractivity contribution < 1.29 is 4.74 Å². The van der Waals surface area contributed by atoms with Gasteiger partial charge in [0.05, 0.1) is 40.9 Å². The van der Waals surface area contributed by atoms with Crippen LogP contribution < -0.4 is 14.5 Å². The fourth-order valence-electron chi connectivity index (χ4n) is 3.78. The summed E-state index contributed by atoms with van der Waals surface area (Å²) in [6, 6.07) is 22.1. The molecule has 4 nitrogen and oxygen atoms in total. The Hall–Kier alpha value is -2.76. The van der Waals surface area contributed by atoms with Gasteiger partial charge in [-0.3, -0.25) is 4.98 Å². The fourth-order valence-corrected chi connectivity index (χ4v) is 4.38. The highest BCUT2D eigenvalue weighted by molar-refractivity contribution is 9.10. The molecule has 0 unspecified atom stereocenters. The number of hydrogen-bond acceptors (Lipinski definition) is 4. The molecule has 5 rings (SSSR count). The Bertz CT molecular complexity index is 1230. The molecule has 0 aliphatic carbocycles. The van der Waals surface area contributed by atoms with Gasteiger partial charge < -0.3 is 14.5 Å². The van der Waals surface area contributed by atoms with E-state index in [0.29, 0.717) is 11.7 Å². The van der Waals surface area contributed by atoms with Crippen molar-refractivity contribution in [2.24, 2.45) is 0 Å². The third kappa shape index (κ3) is 3.11. The van der Waals surface area contributed by atoms with Gasteiger partial charge in [-0.2, -0.15) is 0 Å². The van der Waals surface area contributed by atoms with Gasteiger partial charge in [0.1, 0.15) is 12.4 Å². The van der Waals surface area contributed by atoms with E-state index in [9.17, 15) is 0 Å². The van der Waals surface area contributed by atoms with E-state index < -0.39 is 0 Å². The number of hydrogen-bond donors (Lipinski definition) is 0. The largest absolute Gasteiger partial charge is 0.497 e. The van der Waals surface area contributed by atoms with E-state index in [0.717, 1.165) is 43.9 Å². The molecule has 0 radical (unpaired) electrons. The minimum absolute atomic E-state index is 0.625. The van der Waals surface area contributed by atoms with Crippen molar-refractivity contribution in [2.75, 3.05) is 23.6 Å². The monoisotopic (exact) mass is 465 g/mol. The second-order valence-electron chi connectivity index (χ2n) is 6.80. The number of anilines is 4. The molecular formula is C23H17BrClN3O. The summed E-state index contributed by atoms with van der Waals surface area (Å²) in [5, 5.41) is 1.79. The molecule has 0 saturated carbocycles. The lowest BCUT2D eigenvalue weighted by molar-refractivity contribution is 0.415. The molecule has 0 saturated heterocycles. The van der Waals surface area contributed by atoms with Gasteiger partial charge in [0.25, 0.3) is 0 Å². The summed E-state index contributed by atoms with van der Waals surface area (Å²) in [6.07, 6.45) is 1.93. The number of halogens is 2. The summed E-state index contributed by atoms with van der Waals surface area (Å²) < 4.78 is 6.45. The summed E-state index contributed by atoms with van der Waals surface area (Å²) in [4.78, 5) is 9.18. The Kier molecular flexibility index (Phi) is 4.57. The van der Waals surface area contributed by atoms with Crippen LogP contribution in [0.3, 0.4) is 0 Å². The van der Waals surface area contributed by atoms with Gasteiger partial charge in [0.15, 0.2) is 0 Å². The highest BCUT2D eigenvalue weighted by atomic mass is 79.9. The number of methoxy groups -OCH3 is 1. The molecule has 0 amide bonds. The molecule has 0 atom stereocenters. The highest BCUT2D eigenvalue weighted by Gasteiger charge is 2.31. The van der Waals surface area contributed by atoms with Crippen LogP contribution in [0.2, 0.25) is 5.02 Å². The molecule has 3 aromatic carbocycles. The van der Waals surface area contributed by atoms with Crippen molar-refractivity contribution in [3.05, 3.63) is 82.4 Å². The number of pyridine rings is 1. The van der Waals surface area contributed by atoms with E-state index in [-0.39, 0.29) is 0 Å². The van der Waals surface area contributed by atoms with E-state index in [4.69, 9.17) is 21.3 Å². The molecule has 1 aliphatic rings. The van der Waals surface area contributed by atoms with Crippen LogP contribution in [-0.4, -0.2) is 18.8 Å². The maximum absolute atomic E-state index is 6.59. The number of para-hydroxylation sites is 1. The number of benzene rings is 3. The molecule has 1 aromatic heterocycles. The Labute approximate surface area is 182 Å². The van der Waals surface area contributed by atoms with E-state index in [2.05, 4.69) is 37.9 Å². The van der Waals surface area contributed by atoms with Crippen molar-refractivity contribution in [3.8, 4) is 5.75 Å². The third-order valence-electron chi connectivity index (χ3n) is 5.13. The zero-order valence-electron chi connectivity index (χ0n) is 15.6. The summed E-state index contributed by atoms with van der Waals surface area (Å²) in [7, 11) is 1.68.